The molecule has 1 aromatic carbocycles. The molecule has 2 N–H and O–H groups in total. The Bertz CT molecular complexity index is 1480. The summed E-state index contributed by atoms with van der Waals surface area (Å²) < 4.78 is 1.74. The van der Waals surface area contributed by atoms with Crippen molar-refractivity contribution in [2.45, 2.75) is 18.9 Å². The number of amides is 2. The highest BCUT2D eigenvalue weighted by molar-refractivity contribution is 7.17. The van der Waals surface area contributed by atoms with Gasteiger partial charge in [-0.05, 0) is 43.2 Å². The second kappa shape index (κ2) is 9.51. The maximum atomic E-state index is 12.9. The molecular formula is C22H18ClN7O5S. The van der Waals surface area contributed by atoms with Crippen molar-refractivity contribution in [2.24, 2.45) is 0 Å². The monoisotopic (exact) mass is 527 g/mol. The summed E-state index contributed by atoms with van der Waals surface area (Å²) in [6.45, 7) is 0.745. The molecule has 0 atom stereocenters. The fourth-order valence-corrected chi connectivity index (χ4v) is 4.88. The summed E-state index contributed by atoms with van der Waals surface area (Å²) in [4.78, 5) is 45.4. The molecule has 4 aromatic rings. The van der Waals surface area contributed by atoms with Crippen LogP contribution in [0.15, 0.2) is 42.6 Å². The van der Waals surface area contributed by atoms with Gasteiger partial charge in [0.25, 0.3) is 5.91 Å². The molecule has 0 aliphatic carbocycles. The number of carboxylic acid groups (broad SMARTS) is 1. The highest BCUT2D eigenvalue weighted by Gasteiger charge is 2.27. The minimum atomic E-state index is -0.954. The van der Waals surface area contributed by atoms with E-state index in [2.05, 4.69) is 15.4 Å². The number of piperidine rings is 1. The number of thiophene rings is 1. The number of hydrogen-bond acceptors (Lipinski definition) is 8. The predicted octanol–water partition coefficient (Wildman–Crippen LogP) is 4.68. The van der Waals surface area contributed by atoms with Crippen LogP contribution in [0.25, 0.3) is 22.4 Å². The molecule has 2 amide bonds. The van der Waals surface area contributed by atoms with E-state index in [1.807, 2.05) is 0 Å². The SMILES string of the molecule is O=C(Nc1nc(-c2ccc(Cl)cc2)nc2c1cnn2C1CCN(C(=O)O)CC1)c1ccc([N+](=O)[O-])s1. The van der Waals surface area contributed by atoms with E-state index >= 15 is 0 Å². The molecule has 0 bridgehead atoms. The standard InChI is InChI=1S/C22H18ClN7O5S/c23-13-3-1-12(2-4-13)18-25-19(27-21(31)16-5-6-17(36-16)30(34)35)15-11-24-29(20(15)26-18)14-7-9-28(10-8-14)22(32)33/h1-6,11,14H,7-10H2,(H,32,33)(H,25,26,27,31). The van der Waals surface area contributed by atoms with Crippen molar-refractivity contribution in [3.8, 4) is 11.4 Å². The van der Waals surface area contributed by atoms with Gasteiger partial charge in [-0.3, -0.25) is 14.9 Å². The first-order valence-electron chi connectivity index (χ1n) is 10.8. The van der Waals surface area contributed by atoms with Crippen molar-refractivity contribution >= 4 is 56.8 Å². The molecule has 3 aromatic heterocycles. The first-order valence-corrected chi connectivity index (χ1v) is 12.0. The second-order valence-electron chi connectivity index (χ2n) is 8.08. The summed E-state index contributed by atoms with van der Waals surface area (Å²) in [5, 5.41) is 28.4. The Morgan fingerprint density at radius 1 is 1.14 bits per heavy atom. The van der Waals surface area contributed by atoms with Gasteiger partial charge in [-0.1, -0.05) is 22.9 Å². The Kier molecular flexibility index (Phi) is 6.24. The zero-order valence-corrected chi connectivity index (χ0v) is 20.1. The number of halogens is 1. The van der Waals surface area contributed by atoms with Gasteiger partial charge in [0.1, 0.15) is 5.82 Å². The average molecular weight is 528 g/mol. The normalized spacial score (nSPS) is 14.2. The molecule has 1 saturated heterocycles. The van der Waals surface area contributed by atoms with Crippen molar-refractivity contribution < 1.29 is 19.6 Å². The molecule has 14 heteroatoms. The molecule has 12 nitrogen and oxygen atoms in total. The summed E-state index contributed by atoms with van der Waals surface area (Å²) in [6.07, 6.45) is 1.72. The van der Waals surface area contributed by atoms with Crippen molar-refractivity contribution in [1.29, 1.82) is 0 Å². The molecule has 1 aliphatic rings. The highest BCUT2D eigenvalue weighted by atomic mass is 35.5. The third-order valence-electron chi connectivity index (χ3n) is 5.86. The van der Waals surface area contributed by atoms with Gasteiger partial charge in [-0.25, -0.2) is 19.4 Å². The number of anilines is 1. The van der Waals surface area contributed by atoms with Crippen molar-refractivity contribution in [3.63, 3.8) is 0 Å². The van der Waals surface area contributed by atoms with Crippen LogP contribution in [0.1, 0.15) is 28.6 Å². The van der Waals surface area contributed by atoms with Crippen LogP contribution in [-0.2, 0) is 0 Å². The van der Waals surface area contributed by atoms with Crippen LogP contribution in [0.5, 0.6) is 0 Å². The molecule has 5 rings (SSSR count). The van der Waals surface area contributed by atoms with Gasteiger partial charge in [0.15, 0.2) is 11.5 Å². The lowest BCUT2D eigenvalue weighted by Gasteiger charge is -2.30. The fraction of sp³-hybridized carbons (Fsp3) is 0.227. The number of hydrogen-bond donors (Lipinski definition) is 2. The number of likely N-dealkylation sites (tertiary alicyclic amines) is 1. The number of fused-ring (bicyclic) bond motifs is 1. The maximum Gasteiger partial charge on any atom is 0.407 e. The first-order chi connectivity index (χ1) is 17.3. The van der Waals surface area contributed by atoms with Gasteiger partial charge < -0.3 is 15.3 Å². The van der Waals surface area contributed by atoms with E-state index in [0.717, 1.165) is 11.3 Å². The zero-order valence-electron chi connectivity index (χ0n) is 18.5. The van der Waals surface area contributed by atoms with Gasteiger partial charge in [-0.15, -0.1) is 0 Å². The Morgan fingerprint density at radius 2 is 1.86 bits per heavy atom. The number of nitrogens with one attached hydrogen (secondary N) is 1. The third kappa shape index (κ3) is 4.57. The van der Waals surface area contributed by atoms with Crippen LogP contribution in [0.4, 0.5) is 15.6 Å². The number of carbonyl (C=O) groups is 2. The van der Waals surface area contributed by atoms with Crippen LogP contribution in [0.3, 0.4) is 0 Å². The van der Waals surface area contributed by atoms with Gasteiger partial charge in [0.05, 0.1) is 27.4 Å². The van der Waals surface area contributed by atoms with E-state index in [0.29, 0.717) is 53.4 Å². The predicted molar refractivity (Wildman–Crippen MR) is 133 cm³/mol. The molecule has 1 aliphatic heterocycles. The Hall–Kier alpha value is -4.10. The lowest BCUT2D eigenvalue weighted by molar-refractivity contribution is -0.380. The van der Waals surface area contributed by atoms with Crippen LogP contribution in [-0.4, -0.2) is 59.8 Å². The summed E-state index contributed by atoms with van der Waals surface area (Å²) >= 11 is 6.79. The minimum Gasteiger partial charge on any atom is -0.465 e. The summed E-state index contributed by atoms with van der Waals surface area (Å²) in [6, 6.07) is 9.48. The summed E-state index contributed by atoms with van der Waals surface area (Å²) in [5.41, 5.74) is 1.15. The van der Waals surface area contributed by atoms with E-state index in [-0.39, 0.29) is 21.7 Å². The molecule has 0 radical (unpaired) electrons. The minimum absolute atomic E-state index is 0.0884. The molecule has 0 unspecified atom stereocenters. The smallest absolute Gasteiger partial charge is 0.407 e. The van der Waals surface area contributed by atoms with Crippen molar-refractivity contribution in [2.75, 3.05) is 18.4 Å². The number of nitrogens with zero attached hydrogens (tertiary/aromatic N) is 6. The van der Waals surface area contributed by atoms with Crippen molar-refractivity contribution in [3.05, 3.63) is 62.6 Å². The number of nitro groups is 1. The number of aromatic nitrogens is 4. The van der Waals surface area contributed by atoms with Crippen LogP contribution >= 0.6 is 22.9 Å². The van der Waals surface area contributed by atoms with Gasteiger partial charge in [0.2, 0.25) is 0 Å². The highest BCUT2D eigenvalue weighted by Crippen LogP contribution is 2.31. The fourth-order valence-electron chi connectivity index (χ4n) is 4.03. The number of carbonyl (C=O) groups excluding carboxylic acids is 1. The third-order valence-corrected chi connectivity index (χ3v) is 7.15. The molecule has 0 spiro atoms. The first kappa shape index (κ1) is 23.6. The topological polar surface area (TPSA) is 156 Å². The van der Waals surface area contributed by atoms with Gasteiger partial charge in [0, 0.05) is 29.7 Å². The molecule has 0 saturated carbocycles. The van der Waals surface area contributed by atoms with E-state index in [4.69, 9.17) is 16.6 Å². The van der Waals surface area contributed by atoms with Crippen LogP contribution in [0.2, 0.25) is 5.02 Å². The molecule has 36 heavy (non-hydrogen) atoms. The zero-order chi connectivity index (χ0) is 25.4. The summed E-state index contributed by atoms with van der Waals surface area (Å²) in [5.74, 6) is -0.00533. The Labute approximate surface area is 212 Å². The van der Waals surface area contributed by atoms with E-state index in [9.17, 15) is 24.8 Å². The van der Waals surface area contributed by atoms with Gasteiger partial charge >= 0.3 is 11.1 Å². The summed E-state index contributed by atoms with van der Waals surface area (Å²) in [7, 11) is 0. The van der Waals surface area contributed by atoms with Crippen LogP contribution in [0, 0.1) is 10.1 Å². The van der Waals surface area contributed by atoms with Gasteiger partial charge in [-0.2, -0.15) is 5.10 Å². The van der Waals surface area contributed by atoms with E-state index < -0.39 is 16.9 Å². The Balaban J connectivity index is 1.54. The lowest BCUT2D eigenvalue weighted by atomic mass is 10.1. The second-order valence-corrected chi connectivity index (χ2v) is 9.58. The molecule has 184 valence electrons. The molecular weight excluding hydrogens is 510 g/mol. The van der Waals surface area contributed by atoms with E-state index in [1.54, 1.807) is 35.1 Å². The van der Waals surface area contributed by atoms with E-state index in [1.165, 1.54) is 17.0 Å². The number of benzene rings is 1. The number of rotatable bonds is 5. The van der Waals surface area contributed by atoms with Crippen molar-refractivity contribution in [1.82, 2.24) is 24.6 Å². The quantitative estimate of drug-likeness (QED) is 0.279. The molecule has 1 fully saturated rings. The average Bonchev–Trinajstić information content (AvgIpc) is 3.53. The molecule has 4 heterocycles. The Morgan fingerprint density at radius 3 is 2.50 bits per heavy atom. The largest absolute Gasteiger partial charge is 0.465 e. The lowest BCUT2D eigenvalue weighted by Crippen LogP contribution is -2.38. The maximum absolute atomic E-state index is 12.9. The van der Waals surface area contributed by atoms with Crippen LogP contribution < -0.4 is 5.32 Å².